The van der Waals surface area contributed by atoms with Gasteiger partial charge in [0.1, 0.15) is 0 Å². The van der Waals surface area contributed by atoms with Gasteiger partial charge >= 0.3 is 5.97 Å². The Morgan fingerprint density at radius 2 is 1.97 bits per heavy atom. The van der Waals surface area contributed by atoms with Crippen LogP contribution in [0.2, 0.25) is 0 Å². The molecule has 0 radical (unpaired) electrons. The van der Waals surface area contributed by atoms with Gasteiger partial charge in [-0.15, -0.1) is 0 Å². The maximum absolute atomic E-state index is 12.4. The second-order valence-electron chi connectivity index (χ2n) is 9.45. The molecule has 1 heterocycles. The standard InChI is InChI=1S/C24H34N2O4/c27-21(24(12-4-13-24)17-18-8-9-18)7-3-14-25-15-11-22(28)26(25)16-10-19-5-1-2-6-20(19)23(29)30/h1-2,5-6,18,21,27H,3-4,7-17H2,(H,29,30). The number of carbonyl (C=O) groups is 2. The first-order valence-electron chi connectivity index (χ1n) is 11.5. The van der Waals surface area contributed by atoms with E-state index in [1.54, 1.807) is 17.1 Å². The van der Waals surface area contributed by atoms with E-state index in [1.165, 1.54) is 38.5 Å². The second kappa shape index (κ2) is 9.06. The molecule has 2 aliphatic carbocycles. The third kappa shape index (κ3) is 4.70. The van der Waals surface area contributed by atoms with E-state index in [1.807, 2.05) is 12.1 Å². The van der Waals surface area contributed by atoms with Crippen molar-refractivity contribution in [3.8, 4) is 0 Å². The van der Waals surface area contributed by atoms with Crippen LogP contribution in [0.5, 0.6) is 0 Å². The molecule has 1 saturated heterocycles. The van der Waals surface area contributed by atoms with Crippen LogP contribution in [0, 0.1) is 11.3 Å². The molecule has 1 aliphatic heterocycles. The minimum Gasteiger partial charge on any atom is -0.478 e. The summed E-state index contributed by atoms with van der Waals surface area (Å²) in [5, 5.41) is 24.1. The number of carbonyl (C=O) groups excluding carboxylic acids is 1. The fourth-order valence-electron chi connectivity index (χ4n) is 5.28. The van der Waals surface area contributed by atoms with Gasteiger partial charge in [-0.3, -0.25) is 9.80 Å². The quantitative estimate of drug-likeness (QED) is 0.579. The Kier molecular flexibility index (Phi) is 6.44. The van der Waals surface area contributed by atoms with Crippen molar-refractivity contribution in [2.45, 2.75) is 70.3 Å². The second-order valence-corrected chi connectivity index (χ2v) is 9.45. The van der Waals surface area contributed by atoms with Crippen molar-refractivity contribution in [3.05, 3.63) is 35.4 Å². The predicted molar refractivity (Wildman–Crippen MR) is 114 cm³/mol. The number of aromatic carboxylic acids is 1. The van der Waals surface area contributed by atoms with Gasteiger partial charge in [-0.1, -0.05) is 37.5 Å². The van der Waals surface area contributed by atoms with Gasteiger partial charge in [0.2, 0.25) is 5.91 Å². The highest BCUT2D eigenvalue weighted by Crippen LogP contribution is 2.53. The van der Waals surface area contributed by atoms with Crippen molar-refractivity contribution in [2.75, 3.05) is 19.6 Å². The minimum absolute atomic E-state index is 0.104. The molecule has 4 rings (SSSR count). The van der Waals surface area contributed by atoms with Crippen LogP contribution < -0.4 is 0 Å². The fourth-order valence-corrected chi connectivity index (χ4v) is 5.28. The summed E-state index contributed by atoms with van der Waals surface area (Å²) in [6.07, 6.45) is 9.95. The Hall–Kier alpha value is -1.92. The van der Waals surface area contributed by atoms with Crippen molar-refractivity contribution in [2.24, 2.45) is 11.3 Å². The summed E-state index contributed by atoms with van der Waals surface area (Å²) in [6, 6.07) is 7.00. The zero-order valence-corrected chi connectivity index (χ0v) is 17.8. The van der Waals surface area contributed by atoms with Crippen LogP contribution >= 0.6 is 0 Å². The first-order chi connectivity index (χ1) is 14.5. The SMILES string of the molecule is O=C(O)c1ccccc1CCN1C(=O)CCN1CCCC(O)C1(CC2CC2)CCC1. The Bertz CT molecular complexity index is 772. The molecule has 2 N–H and O–H groups in total. The van der Waals surface area contributed by atoms with Crippen LogP contribution in [0.15, 0.2) is 24.3 Å². The Labute approximate surface area is 178 Å². The number of carboxylic acids is 1. The first kappa shape index (κ1) is 21.3. The molecule has 0 aromatic heterocycles. The summed E-state index contributed by atoms with van der Waals surface area (Å²) in [6.45, 7) is 1.98. The molecule has 6 nitrogen and oxygen atoms in total. The Balaban J connectivity index is 1.27. The zero-order chi connectivity index (χ0) is 21.1. The molecule has 1 aromatic rings. The summed E-state index contributed by atoms with van der Waals surface area (Å²) < 4.78 is 0. The molecule has 0 spiro atoms. The van der Waals surface area contributed by atoms with E-state index in [0.717, 1.165) is 30.9 Å². The highest BCUT2D eigenvalue weighted by atomic mass is 16.4. The van der Waals surface area contributed by atoms with Crippen LogP contribution in [-0.4, -0.2) is 57.8 Å². The summed E-state index contributed by atoms with van der Waals surface area (Å²) in [5.74, 6) is 0.0215. The molecule has 1 unspecified atom stereocenters. The highest BCUT2D eigenvalue weighted by Gasteiger charge is 2.46. The van der Waals surface area contributed by atoms with Gasteiger partial charge < -0.3 is 10.2 Å². The van der Waals surface area contributed by atoms with E-state index in [2.05, 4.69) is 5.01 Å². The maximum atomic E-state index is 12.4. The Morgan fingerprint density at radius 1 is 1.20 bits per heavy atom. The number of aliphatic hydroxyl groups excluding tert-OH is 1. The lowest BCUT2D eigenvalue weighted by Crippen LogP contribution is -2.43. The molecule has 0 bridgehead atoms. The minimum atomic E-state index is -0.930. The number of carboxylic acid groups (broad SMARTS) is 1. The number of hydrogen-bond acceptors (Lipinski definition) is 4. The molecule has 2 saturated carbocycles. The van der Waals surface area contributed by atoms with Crippen molar-refractivity contribution in [3.63, 3.8) is 0 Å². The van der Waals surface area contributed by atoms with Crippen molar-refractivity contribution >= 4 is 11.9 Å². The van der Waals surface area contributed by atoms with Crippen molar-refractivity contribution in [1.29, 1.82) is 0 Å². The third-order valence-electron chi connectivity index (χ3n) is 7.40. The van der Waals surface area contributed by atoms with Crippen LogP contribution in [0.3, 0.4) is 0 Å². The number of hydrazine groups is 1. The predicted octanol–water partition coefficient (Wildman–Crippen LogP) is 3.49. The van der Waals surface area contributed by atoms with E-state index in [9.17, 15) is 19.8 Å². The summed E-state index contributed by atoms with van der Waals surface area (Å²) in [4.78, 5) is 23.8. The molecule has 3 aliphatic rings. The Morgan fingerprint density at radius 3 is 2.63 bits per heavy atom. The van der Waals surface area contributed by atoms with E-state index in [-0.39, 0.29) is 17.4 Å². The monoisotopic (exact) mass is 414 g/mol. The summed E-state index contributed by atoms with van der Waals surface area (Å²) in [5.41, 5.74) is 1.23. The van der Waals surface area contributed by atoms with Gasteiger partial charge in [0, 0.05) is 26.1 Å². The lowest BCUT2D eigenvalue weighted by molar-refractivity contribution is -0.138. The number of aliphatic hydroxyl groups is 1. The van der Waals surface area contributed by atoms with Gasteiger partial charge in [0.25, 0.3) is 0 Å². The zero-order valence-electron chi connectivity index (χ0n) is 17.8. The molecule has 6 heteroatoms. The first-order valence-corrected chi connectivity index (χ1v) is 11.5. The fraction of sp³-hybridized carbons (Fsp3) is 0.667. The lowest BCUT2D eigenvalue weighted by atomic mass is 9.61. The normalized spacial score (nSPS) is 22.2. The van der Waals surface area contributed by atoms with Gasteiger partial charge in [0.05, 0.1) is 11.7 Å². The molecule has 1 atom stereocenters. The maximum Gasteiger partial charge on any atom is 0.335 e. The van der Waals surface area contributed by atoms with Crippen LogP contribution in [0.1, 0.15) is 73.7 Å². The van der Waals surface area contributed by atoms with E-state index < -0.39 is 5.97 Å². The molecule has 1 aromatic carbocycles. The number of rotatable bonds is 11. The van der Waals surface area contributed by atoms with Crippen LogP contribution in [0.25, 0.3) is 0 Å². The molecule has 1 amide bonds. The van der Waals surface area contributed by atoms with Gasteiger partial charge in [-0.05, 0) is 61.5 Å². The average molecular weight is 415 g/mol. The van der Waals surface area contributed by atoms with Crippen LogP contribution in [0.4, 0.5) is 0 Å². The average Bonchev–Trinajstić information content (AvgIpc) is 3.45. The van der Waals surface area contributed by atoms with Gasteiger partial charge in [-0.25, -0.2) is 9.80 Å². The number of benzene rings is 1. The molecule has 3 fully saturated rings. The molecular formula is C24H34N2O4. The number of hydrogen-bond donors (Lipinski definition) is 2. The molecule has 164 valence electrons. The van der Waals surface area contributed by atoms with E-state index >= 15 is 0 Å². The van der Waals surface area contributed by atoms with E-state index in [0.29, 0.717) is 31.5 Å². The lowest BCUT2D eigenvalue weighted by Gasteiger charge is -2.46. The van der Waals surface area contributed by atoms with Gasteiger partial charge in [-0.2, -0.15) is 0 Å². The topological polar surface area (TPSA) is 81.1 Å². The largest absolute Gasteiger partial charge is 0.478 e. The summed E-state index contributed by atoms with van der Waals surface area (Å²) >= 11 is 0. The van der Waals surface area contributed by atoms with Gasteiger partial charge in [0.15, 0.2) is 0 Å². The van der Waals surface area contributed by atoms with Crippen LogP contribution in [-0.2, 0) is 11.2 Å². The molecule has 30 heavy (non-hydrogen) atoms. The van der Waals surface area contributed by atoms with E-state index in [4.69, 9.17) is 0 Å². The number of nitrogens with zero attached hydrogens (tertiary/aromatic N) is 2. The van der Waals surface area contributed by atoms with Crippen molar-refractivity contribution < 1.29 is 19.8 Å². The number of amides is 1. The highest BCUT2D eigenvalue weighted by molar-refractivity contribution is 5.89. The summed E-state index contributed by atoms with van der Waals surface area (Å²) in [7, 11) is 0. The van der Waals surface area contributed by atoms with Crippen molar-refractivity contribution in [1.82, 2.24) is 10.0 Å². The molecular weight excluding hydrogens is 380 g/mol. The smallest absolute Gasteiger partial charge is 0.335 e. The third-order valence-corrected chi connectivity index (χ3v) is 7.40.